The average molecular weight is 331 g/mol. The molecule has 0 unspecified atom stereocenters. The van der Waals surface area contributed by atoms with E-state index in [4.69, 9.17) is 5.73 Å². The third kappa shape index (κ3) is 3.12. The number of nitrogens with zero attached hydrogens (tertiary/aromatic N) is 5. The van der Waals surface area contributed by atoms with E-state index in [0.717, 1.165) is 27.9 Å². The summed E-state index contributed by atoms with van der Waals surface area (Å²) in [6.07, 6.45) is 5.35. The van der Waals surface area contributed by atoms with E-state index in [2.05, 4.69) is 43.6 Å². The quantitative estimate of drug-likeness (QED) is 0.597. The predicted octanol–water partition coefficient (Wildman–Crippen LogP) is 2.62. The molecule has 4 aromatic rings. The van der Waals surface area contributed by atoms with Crippen LogP contribution < -0.4 is 11.1 Å². The number of fused-ring (bicyclic) bond motifs is 1. The van der Waals surface area contributed by atoms with E-state index in [1.54, 1.807) is 10.7 Å². The lowest BCUT2D eigenvalue weighted by Gasteiger charge is -2.09. The summed E-state index contributed by atoms with van der Waals surface area (Å²) in [6, 6.07) is 12.0. The minimum absolute atomic E-state index is 0.446. The summed E-state index contributed by atoms with van der Waals surface area (Å²) in [5.41, 5.74) is 9.68. The van der Waals surface area contributed by atoms with Gasteiger partial charge in [-0.25, -0.2) is 15.0 Å². The normalized spacial score (nSPS) is 10.9. The van der Waals surface area contributed by atoms with Crippen molar-refractivity contribution in [3.63, 3.8) is 0 Å². The fourth-order valence-corrected chi connectivity index (χ4v) is 2.71. The molecule has 0 aliphatic carbocycles. The summed E-state index contributed by atoms with van der Waals surface area (Å²) in [4.78, 5) is 12.7. The second kappa shape index (κ2) is 6.20. The molecule has 0 spiro atoms. The molecule has 3 aromatic heterocycles. The molecule has 3 N–H and O–H groups in total. The number of nitrogens with two attached hydrogens (primary N) is 1. The Morgan fingerprint density at radius 3 is 2.88 bits per heavy atom. The molecule has 0 aliphatic heterocycles. The number of nitrogen functional groups attached to an aromatic ring is 1. The third-order valence-electron chi connectivity index (χ3n) is 3.94. The van der Waals surface area contributed by atoms with Gasteiger partial charge in [0, 0.05) is 25.4 Å². The lowest BCUT2D eigenvalue weighted by atomic mass is 10.1. The summed E-state index contributed by atoms with van der Waals surface area (Å²) in [7, 11) is 1.91. The molecule has 0 aliphatic rings. The number of anilines is 2. The van der Waals surface area contributed by atoms with E-state index in [1.807, 2.05) is 31.6 Å². The number of benzene rings is 1. The van der Waals surface area contributed by atoms with Gasteiger partial charge in [0.25, 0.3) is 0 Å². The van der Waals surface area contributed by atoms with Crippen LogP contribution in [0.15, 0.2) is 55.1 Å². The van der Waals surface area contributed by atoms with E-state index >= 15 is 0 Å². The van der Waals surface area contributed by atoms with E-state index in [1.165, 1.54) is 6.33 Å². The van der Waals surface area contributed by atoms with Gasteiger partial charge in [0.1, 0.15) is 18.0 Å². The van der Waals surface area contributed by atoms with Crippen LogP contribution in [0.2, 0.25) is 0 Å². The fraction of sp³-hybridized carbons (Fsp3) is 0.111. The minimum atomic E-state index is 0.446. The first-order valence-electron chi connectivity index (χ1n) is 7.88. The minimum Gasteiger partial charge on any atom is -0.384 e. The molecule has 1 aromatic carbocycles. The molecular formula is C18H17N7. The van der Waals surface area contributed by atoms with Crippen molar-refractivity contribution in [1.29, 1.82) is 0 Å². The zero-order valence-corrected chi connectivity index (χ0v) is 13.7. The molecular weight excluding hydrogens is 314 g/mol. The van der Waals surface area contributed by atoms with E-state index in [-0.39, 0.29) is 0 Å². The number of rotatable bonds is 4. The molecule has 7 nitrogen and oxygen atoms in total. The molecule has 0 radical (unpaired) electrons. The van der Waals surface area contributed by atoms with Crippen LogP contribution in [0, 0.1) is 0 Å². The Balaban J connectivity index is 1.58. The SMILES string of the molecule is Cn1cc(-c2cccc(CNc3ncnc4nc(N)ccc34)c2)cn1. The number of hydrogen-bond acceptors (Lipinski definition) is 6. The molecule has 0 amide bonds. The fourth-order valence-electron chi connectivity index (χ4n) is 2.71. The Morgan fingerprint density at radius 2 is 2.04 bits per heavy atom. The molecule has 0 atom stereocenters. The molecule has 7 heteroatoms. The Labute approximate surface area is 144 Å². The van der Waals surface area contributed by atoms with Crippen LogP contribution in [0.5, 0.6) is 0 Å². The standard InChI is InChI=1S/C18H17N7/c1-25-10-14(9-23-25)13-4-2-3-12(7-13)8-20-17-15-5-6-16(19)24-18(15)22-11-21-17/h2-7,9-11H,8H2,1H3,(H3,19,20,21,22,24). The topological polar surface area (TPSA) is 94.5 Å². The Kier molecular flexibility index (Phi) is 3.74. The van der Waals surface area contributed by atoms with Crippen molar-refractivity contribution in [3.8, 4) is 11.1 Å². The maximum Gasteiger partial charge on any atom is 0.166 e. The molecule has 0 bridgehead atoms. The lowest BCUT2D eigenvalue weighted by Crippen LogP contribution is -2.03. The van der Waals surface area contributed by atoms with Crippen LogP contribution in [0.1, 0.15) is 5.56 Å². The van der Waals surface area contributed by atoms with E-state index in [0.29, 0.717) is 18.0 Å². The zero-order chi connectivity index (χ0) is 17.2. The van der Waals surface area contributed by atoms with Crippen molar-refractivity contribution in [2.75, 3.05) is 11.1 Å². The molecule has 4 rings (SSSR count). The highest BCUT2D eigenvalue weighted by Crippen LogP contribution is 2.22. The van der Waals surface area contributed by atoms with Crippen LogP contribution in [0.4, 0.5) is 11.6 Å². The molecule has 3 heterocycles. The van der Waals surface area contributed by atoms with Crippen LogP contribution in [0.25, 0.3) is 22.2 Å². The van der Waals surface area contributed by atoms with Gasteiger partial charge in [-0.2, -0.15) is 5.10 Å². The second-order valence-electron chi connectivity index (χ2n) is 5.79. The highest BCUT2D eigenvalue weighted by molar-refractivity contribution is 5.87. The lowest BCUT2D eigenvalue weighted by molar-refractivity contribution is 0.768. The first-order chi connectivity index (χ1) is 12.2. The van der Waals surface area contributed by atoms with Gasteiger partial charge in [0.05, 0.1) is 11.6 Å². The van der Waals surface area contributed by atoms with Gasteiger partial charge < -0.3 is 11.1 Å². The van der Waals surface area contributed by atoms with E-state index in [9.17, 15) is 0 Å². The van der Waals surface area contributed by atoms with Crippen molar-refractivity contribution in [2.24, 2.45) is 7.05 Å². The summed E-state index contributed by atoms with van der Waals surface area (Å²) in [5, 5.41) is 8.43. The largest absolute Gasteiger partial charge is 0.384 e. The van der Waals surface area contributed by atoms with Crippen molar-refractivity contribution < 1.29 is 0 Å². The number of hydrogen-bond donors (Lipinski definition) is 2. The first kappa shape index (κ1) is 15.1. The summed E-state index contributed by atoms with van der Waals surface area (Å²) >= 11 is 0. The monoisotopic (exact) mass is 331 g/mol. The molecule has 0 saturated heterocycles. The first-order valence-corrected chi connectivity index (χ1v) is 7.88. The average Bonchev–Trinajstić information content (AvgIpc) is 3.06. The van der Waals surface area contributed by atoms with Crippen LogP contribution in [-0.4, -0.2) is 24.7 Å². The molecule has 0 saturated carbocycles. The van der Waals surface area contributed by atoms with Crippen molar-refractivity contribution >= 4 is 22.7 Å². The number of nitrogens with one attached hydrogen (secondary N) is 1. The maximum absolute atomic E-state index is 5.71. The summed E-state index contributed by atoms with van der Waals surface area (Å²) < 4.78 is 1.80. The molecule has 25 heavy (non-hydrogen) atoms. The number of aryl methyl sites for hydroxylation is 1. The number of pyridine rings is 1. The van der Waals surface area contributed by atoms with Crippen molar-refractivity contribution in [3.05, 3.63) is 60.7 Å². The summed E-state index contributed by atoms with van der Waals surface area (Å²) in [5.74, 6) is 1.19. The second-order valence-corrected chi connectivity index (χ2v) is 5.79. The van der Waals surface area contributed by atoms with Crippen LogP contribution in [-0.2, 0) is 13.6 Å². The van der Waals surface area contributed by atoms with Gasteiger partial charge in [-0.3, -0.25) is 4.68 Å². The Morgan fingerprint density at radius 1 is 1.12 bits per heavy atom. The van der Waals surface area contributed by atoms with Crippen molar-refractivity contribution in [1.82, 2.24) is 24.7 Å². The van der Waals surface area contributed by atoms with Gasteiger partial charge in [-0.1, -0.05) is 18.2 Å². The molecule has 124 valence electrons. The van der Waals surface area contributed by atoms with Gasteiger partial charge in [-0.15, -0.1) is 0 Å². The van der Waals surface area contributed by atoms with Crippen molar-refractivity contribution in [2.45, 2.75) is 6.54 Å². The highest BCUT2D eigenvalue weighted by atomic mass is 15.2. The van der Waals surface area contributed by atoms with Gasteiger partial charge in [0.2, 0.25) is 0 Å². The number of aromatic nitrogens is 5. The van der Waals surface area contributed by atoms with Gasteiger partial charge >= 0.3 is 0 Å². The van der Waals surface area contributed by atoms with Gasteiger partial charge in [0.15, 0.2) is 5.65 Å². The Hall–Kier alpha value is -3.48. The van der Waals surface area contributed by atoms with Gasteiger partial charge in [-0.05, 0) is 29.3 Å². The van der Waals surface area contributed by atoms with Crippen LogP contribution in [0.3, 0.4) is 0 Å². The zero-order valence-electron chi connectivity index (χ0n) is 13.7. The Bertz CT molecular complexity index is 1040. The third-order valence-corrected chi connectivity index (χ3v) is 3.94. The van der Waals surface area contributed by atoms with Crippen LogP contribution >= 0.6 is 0 Å². The van der Waals surface area contributed by atoms with E-state index < -0.39 is 0 Å². The highest BCUT2D eigenvalue weighted by Gasteiger charge is 2.06. The summed E-state index contributed by atoms with van der Waals surface area (Å²) in [6.45, 7) is 0.643. The molecule has 0 fully saturated rings. The maximum atomic E-state index is 5.71. The smallest absolute Gasteiger partial charge is 0.166 e. The predicted molar refractivity (Wildman–Crippen MR) is 97.7 cm³/mol.